The molecule has 1 aromatic carbocycles. The molecule has 1 aliphatic carbocycles. The molecule has 0 aromatic heterocycles. The molecule has 0 bridgehead atoms. The van der Waals surface area contributed by atoms with Gasteiger partial charge in [-0.25, -0.2) is 8.42 Å². The Bertz CT molecular complexity index is 570. The van der Waals surface area contributed by atoms with Crippen molar-refractivity contribution in [3.05, 3.63) is 28.2 Å². The molecule has 4 nitrogen and oxygen atoms in total. The predicted molar refractivity (Wildman–Crippen MR) is 82.1 cm³/mol. The lowest BCUT2D eigenvalue weighted by Crippen LogP contribution is -2.44. The van der Waals surface area contributed by atoms with Crippen molar-refractivity contribution in [2.75, 3.05) is 13.2 Å². The van der Waals surface area contributed by atoms with Crippen LogP contribution in [0.5, 0.6) is 0 Å². The van der Waals surface area contributed by atoms with Gasteiger partial charge in [-0.05, 0) is 49.9 Å². The predicted octanol–water partition coefficient (Wildman–Crippen LogP) is 2.68. The largest absolute Gasteiger partial charge is 0.396 e. The lowest BCUT2D eigenvalue weighted by molar-refractivity contribution is 0.198. The van der Waals surface area contributed by atoms with E-state index in [4.69, 9.17) is 5.11 Å². The van der Waals surface area contributed by atoms with E-state index >= 15 is 0 Å². The molecule has 1 fully saturated rings. The molecule has 0 saturated heterocycles. The maximum atomic E-state index is 12.8. The lowest BCUT2D eigenvalue weighted by Gasteiger charge is -2.36. The Hall–Kier alpha value is -0.430. The molecule has 0 heterocycles. The highest BCUT2D eigenvalue weighted by Crippen LogP contribution is 2.31. The Kier molecular flexibility index (Phi) is 5.23. The van der Waals surface area contributed by atoms with Crippen molar-refractivity contribution in [3.63, 3.8) is 0 Å². The molecule has 1 saturated carbocycles. The quantitative estimate of drug-likeness (QED) is 0.847. The van der Waals surface area contributed by atoms with Crippen LogP contribution in [-0.4, -0.2) is 37.0 Å². The van der Waals surface area contributed by atoms with Crippen LogP contribution >= 0.6 is 15.9 Å². The summed E-state index contributed by atoms with van der Waals surface area (Å²) >= 11 is 3.39. The topological polar surface area (TPSA) is 57.6 Å². The third kappa shape index (κ3) is 3.24. The Labute approximate surface area is 129 Å². The van der Waals surface area contributed by atoms with Gasteiger partial charge in [-0.15, -0.1) is 0 Å². The highest BCUT2D eigenvalue weighted by Gasteiger charge is 2.34. The smallest absolute Gasteiger partial charge is 0.243 e. The summed E-state index contributed by atoms with van der Waals surface area (Å²) < 4.78 is 28.0. The Balaban J connectivity index is 2.30. The van der Waals surface area contributed by atoms with Crippen LogP contribution in [0.15, 0.2) is 27.6 Å². The zero-order chi connectivity index (χ0) is 14.8. The van der Waals surface area contributed by atoms with E-state index in [1.165, 1.54) is 0 Å². The van der Waals surface area contributed by atoms with Gasteiger partial charge in [0.15, 0.2) is 0 Å². The zero-order valence-corrected chi connectivity index (χ0v) is 14.0. The molecule has 1 N–H and O–H groups in total. The van der Waals surface area contributed by atoms with Crippen LogP contribution in [-0.2, 0) is 10.0 Å². The number of hydrogen-bond donors (Lipinski definition) is 1. The second kappa shape index (κ2) is 6.56. The van der Waals surface area contributed by atoms with Gasteiger partial charge in [0.05, 0.1) is 4.90 Å². The van der Waals surface area contributed by atoms with E-state index in [0.717, 1.165) is 29.3 Å². The number of hydrogen-bond acceptors (Lipinski definition) is 3. The first-order chi connectivity index (χ1) is 9.46. The van der Waals surface area contributed by atoms with E-state index < -0.39 is 10.0 Å². The van der Waals surface area contributed by atoms with Crippen molar-refractivity contribution in [3.8, 4) is 0 Å². The minimum atomic E-state index is -3.47. The standard InChI is InChI=1S/C14H20BrNO3S/c1-11-10-13(6-7-14(11)15)20(18,19)16(8-3-9-17)12-4-2-5-12/h6-7,10,12,17H,2-5,8-9H2,1H3. The van der Waals surface area contributed by atoms with Gasteiger partial charge in [0.1, 0.15) is 0 Å². The third-order valence-electron chi connectivity index (χ3n) is 3.75. The summed E-state index contributed by atoms with van der Waals surface area (Å²) in [6.45, 7) is 2.28. The number of halogens is 1. The van der Waals surface area contributed by atoms with Gasteiger partial charge in [-0.2, -0.15) is 4.31 Å². The minimum absolute atomic E-state index is 0.0120. The van der Waals surface area contributed by atoms with Crippen LogP contribution in [0, 0.1) is 6.92 Å². The summed E-state index contributed by atoms with van der Waals surface area (Å²) in [5.41, 5.74) is 0.904. The van der Waals surface area contributed by atoms with Crippen molar-refractivity contribution >= 4 is 26.0 Å². The Morgan fingerprint density at radius 2 is 2.10 bits per heavy atom. The molecule has 0 unspecified atom stereocenters. The highest BCUT2D eigenvalue weighted by molar-refractivity contribution is 9.10. The van der Waals surface area contributed by atoms with Crippen LogP contribution in [0.1, 0.15) is 31.2 Å². The number of nitrogens with zero attached hydrogens (tertiary/aromatic N) is 1. The molecule has 112 valence electrons. The second-order valence-corrected chi connectivity index (χ2v) is 7.93. The summed E-state index contributed by atoms with van der Waals surface area (Å²) in [5.74, 6) is 0. The van der Waals surface area contributed by atoms with Crippen LogP contribution in [0.3, 0.4) is 0 Å². The molecular weight excluding hydrogens is 342 g/mol. The van der Waals surface area contributed by atoms with Crippen LogP contribution in [0.25, 0.3) is 0 Å². The SMILES string of the molecule is Cc1cc(S(=O)(=O)N(CCCO)C2CCC2)ccc1Br. The fourth-order valence-corrected chi connectivity index (χ4v) is 4.37. The average Bonchev–Trinajstić information content (AvgIpc) is 2.35. The molecule has 2 rings (SSSR count). The van der Waals surface area contributed by atoms with Gasteiger partial charge in [-0.1, -0.05) is 22.4 Å². The van der Waals surface area contributed by atoms with Crippen molar-refractivity contribution in [1.82, 2.24) is 4.31 Å². The fourth-order valence-electron chi connectivity index (χ4n) is 2.31. The molecule has 6 heteroatoms. The molecule has 1 aromatic rings. The van der Waals surface area contributed by atoms with Gasteiger partial charge in [0, 0.05) is 23.7 Å². The molecular formula is C14H20BrNO3S. The van der Waals surface area contributed by atoms with Gasteiger partial charge < -0.3 is 5.11 Å². The van der Waals surface area contributed by atoms with E-state index in [9.17, 15) is 8.42 Å². The molecule has 0 radical (unpaired) electrons. The van der Waals surface area contributed by atoms with E-state index in [0.29, 0.717) is 17.9 Å². The number of aliphatic hydroxyl groups is 1. The van der Waals surface area contributed by atoms with Crippen molar-refractivity contribution in [2.24, 2.45) is 0 Å². The number of aliphatic hydroxyl groups excluding tert-OH is 1. The fraction of sp³-hybridized carbons (Fsp3) is 0.571. The molecule has 0 amide bonds. The van der Waals surface area contributed by atoms with Crippen LogP contribution in [0.2, 0.25) is 0 Å². The molecule has 0 spiro atoms. The van der Waals surface area contributed by atoms with Crippen molar-refractivity contribution in [1.29, 1.82) is 0 Å². The Morgan fingerprint density at radius 1 is 1.40 bits per heavy atom. The maximum absolute atomic E-state index is 12.8. The minimum Gasteiger partial charge on any atom is -0.396 e. The van der Waals surface area contributed by atoms with Gasteiger partial charge in [-0.3, -0.25) is 0 Å². The molecule has 0 aliphatic heterocycles. The van der Waals surface area contributed by atoms with E-state index in [-0.39, 0.29) is 12.6 Å². The van der Waals surface area contributed by atoms with Gasteiger partial charge in [0.25, 0.3) is 0 Å². The van der Waals surface area contributed by atoms with E-state index in [2.05, 4.69) is 15.9 Å². The monoisotopic (exact) mass is 361 g/mol. The van der Waals surface area contributed by atoms with Crippen molar-refractivity contribution < 1.29 is 13.5 Å². The first kappa shape index (κ1) is 15.9. The summed E-state index contributed by atoms with van der Waals surface area (Å²) in [4.78, 5) is 0.336. The number of aryl methyl sites for hydroxylation is 1. The first-order valence-corrected chi connectivity index (χ1v) is 9.09. The number of rotatable bonds is 6. The summed E-state index contributed by atoms with van der Waals surface area (Å²) in [5, 5.41) is 8.98. The van der Waals surface area contributed by atoms with Gasteiger partial charge in [0.2, 0.25) is 10.0 Å². The summed E-state index contributed by atoms with van der Waals surface area (Å²) in [7, 11) is -3.47. The van der Waals surface area contributed by atoms with E-state index in [1.807, 2.05) is 6.92 Å². The molecule has 1 aliphatic rings. The van der Waals surface area contributed by atoms with Crippen LogP contribution in [0.4, 0.5) is 0 Å². The third-order valence-corrected chi connectivity index (χ3v) is 6.59. The average molecular weight is 362 g/mol. The van der Waals surface area contributed by atoms with Gasteiger partial charge >= 0.3 is 0 Å². The van der Waals surface area contributed by atoms with Crippen molar-refractivity contribution in [2.45, 2.75) is 43.5 Å². The second-order valence-electron chi connectivity index (χ2n) is 5.19. The highest BCUT2D eigenvalue weighted by atomic mass is 79.9. The van der Waals surface area contributed by atoms with Crippen LogP contribution < -0.4 is 0 Å². The first-order valence-electron chi connectivity index (χ1n) is 6.85. The number of sulfonamides is 1. The van der Waals surface area contributed by atoms with E-state index in [1.54, 1.807) is 22.5 Å². The summed E-state index contributed by atoms with van der Waals surface area (Å²) in [6.07, 6.45) is 3.39. The molecule has 0 atom stereocenters. The number of benzene rings is 1. The normalized spacial score (nSPS) is 16.4. The lowest BCUT2D eigenvalue weighted by atomic mass is 9.93. The Morgan fingerprint density at radius 3 is 2.60 bits per heavy atom. The molecule has 20 heavy (non-hydrogen) atoms. The summed E-state index contributed by atoms with van der Waals surface area (Å²) in [6, 6.07) is 5.20. The maximum Gasteiger partial charge on any atom is 0.243 e. The zero-order valence-electron chi connectivity index (χ0n) is 11.5.